The van der Waals surface area contributed by atoms with Crippen LogP contribution in [0.2, 0.25) is 5.02 Å². The van der Waals surface area contributed by atoms with Gasteiger partial charge in [0.15, 0.2) is 15.8 Å². The number of ether oxygens (including phenoxy) is 2. The smallest absolute Gasteiger partial charge is 0.416 e. The number of rotatable bonds is 4. The van der Waals surface area contributed by atoms with Crippen LogP contribution < -0.4 is 14.4 Å². The molecule has 0 N–H and O–H groups in total. The average molecular weight is 460 g/mol. The minimum atomic E-state index is -4.53. The summed E-state index contributed by atoms with van der Waals surface area (Å²) in [6.45, 7) is 0. The number of thioether (sulfide) groups is 1. The molecule has 1 amide bonds. The first-order valence-corrected chi connectivity index (χ1v) is 9.62. The second-order valence-corrected chi connectivity index (χ2v) is 7.89. The standard InChI is InChI=1S/C19H13ClF3NO3S2/c1-26-14-7-10(6-13(20)16(14)27-2)8-15-17(25)24(18(28)29-15)12-5-3-4-11(9-12)19(21,22)23/h3-9H,1-2H3/b15-8+. The second kappa shape index (κ2) is 8.25. The number of hydrogen-bond donors (Lipinski definition) is 0. The third-order valence-electron chi connectivity index (χ3n) is 3.98. The number of carbonyl (C=O) groups excluding carboxylic acids is 1. The van der Waals surface area contributed by atoms with Gasteiger partial charge in [0.25, 0.3) is 5.91 Å². The highest BCUT2D eigenvalue weighted by molar-refractivity contribution is 8.27. The van der Waals surface area contributed by atoms with Crippen LogP contribution in [-0.4, -0.2) is 24.4 Å². The van der Waals surface area contributed by atoms with Gasteiger partial charge in [-0.1, -0.05) is 41.6 Å². The van der Waals surface area contributed by atoms with E-state index in [1.54, 1.807) is 18.2 Å². The Hall–Kier alpha value is -2.23. The van der Waals surface area contributed by atoms with Gasteiger partial charge in [0.1, 0.15) is 0 Å². The van der Waals surface area contributed by atoms with Crippen molar-refractivity contribution in [2.75, 3.05) is 19.1 Å². The van der Waals surface area contributed by atoms with Crippen LogP contribution in [0.5, 0.6) is 11.5 Å². The van der Waals surface area contributed by atoms with E-state index in [1.807, 2.05) is 0 Å². The number of halogens is 4. The monoisotopic (exact) mass is 459 g/mol. The first kappa shape index (κ1) is 21.5. The molecule has 2 aromatic rings. The van der Waals surface area contributed by atoms with E-state index < -0.39 is 17.6 Å². The van der Waals surface area contributed by atoms with Gasteiger partial charge in [0.05, 0.1) is 35.4 Å². The summed E-state index contributed by atoms with van der Waals surface area (Å²) in [4.78, 5) is 14.1. The number of anilines is 1. The summed E-state index contributed by atoms with van der Waals surface area (Å²) in [5.41, 5.74) is -0.257. The normalized spacial score (nSPS) is 15.9. The predicted molar refractivity (Wildman–Crippen MR) is 112 cm³/mol. The number of benzene rings is 2. The van der Waals surface area contributed by atoms with E-state index in [2.05, 4.69) is 0 Å². The molecule has 1 saturated heterocycles. The highest BCUT2D eigenvalue weighted by Gasteiger charge is 2.36. The highest BCUT2D eigenvalue weighted by atomic mass is 35.5. The maximum atomic E-state index is 13.0. The molecule has 10 heteroatoms. The molecule has 1 fully saturated rings. The van der Waals surface area contributed by atoms with E-state index in [9.17, 15) is 18.0 Å². The van der Waals surface area contributed by atoms with Crippen LogP contribution in [0.4, 0.5) is 18.9 Å². The number of methoxy groups -OCH3 is 2. The summed E-state index contributed by atoms with van der Waals surface area (Å²) < 4.78 is 49.5. The lowest BCUT2D eigenvalue weighted by Crippen LogP contribution is -2.27. The first-order valence-electron chi connectivity index (χ1n) is 8.02. The Balaban J connectivity index is 1.97. The fourth-order valence-electron chi connectivity index (χ4n) is 2.68. The molecule has 1 aliphatic heterocycles. The van der Waals surface area contributed by atoms with Crippen molar-refractivity contribution in [3.05, 3.63) is 57.5 Å². The lowest BCUT2D eigenvalue weighted by molar-refractivity contribution is -0.137. The fourth-order valence-corrected chi connectivity index (χ4v) is 4.28. The molecule has 2 aromatic carbocycles. The van der Waals surface area contributed by atoms with E-state index in [4.69, 9.17) is 33.3 Å². The van der Waals surface area contributed by atoms with E-state index in [-0.39, 0.29) is 19.9 Å². The van der Waals surface area contributed by atoms with E-state index in [0.29, 0.717) is 17.1 Å². The maximum Gasteiger partial charge on any atom is 0.416 e. The predicted octanol–water partition coefficient (Wildman–Crippen LogP) is 5.78. The first-order chi connectivity index (χ1) is 13.7. The molecular formula is C19H13ClF3NO3S2. The molecule has 1 aliphatic rings. The van der Waals surface area contributed by atoms with Gasteiger partial charge < -0.3 is 9.47 Å². The Morgan fingerprint density at radius 1 is 1.17 bits per heavy atom. The lowest BCUT2D eigenvalue weighted by Gasteiger charge is -2.16. The zero-order chi connectivity index (χ0) is 21.3. The fraction of sp³-hybridized carbons (Fsp3) is 0.158. The molecule has 29 heavy (non-hydrogen) atoms. The van der Waals surface area contributed by atoms with Crippen LogP contribution in [0.15, 0.2) is 41.3 Å². The minimum absolute atomic E-state index is 0.0519. The zero-order valence-electron chi connectivity index (χ0n) is 15.0. The lowest BCUT2D eigenvalue weighted by atomic mass is 10.1. The Bertz CT molecular complexity index is 1020. The molecule has 4 nitrogen and oxygen atoms in total. The van der Waals surface area contributed by atoms with Crippen LogP contribution in [0.1, 0.15) is 11.1 Å². The van der Waals surface area contributed by atoms with Crippen molar-refractivity contribution >= 4 is 57.6 Å². The molecular weight excluding hydrogens is 447 g/mol. The Morgan fingerprint density at radius 3 is 2.52 bits per heavy atom. The largest absolute Gasteiger partial charge is 0.493 e. The van der Waals surface area contributed by atoms with Crippen LogP contribution in [-0.2, 0) is 11.0 Å². The molecule has 0 aliphatic carbocycles. The maximum absolute atomic E-state index is 13.0. The number of alkyl halides is 3. The Kier molecular flexibility index (Phi) is 6.11. The number of hydrogen-bond acceptors (Lipinski definition) is 5. The van der Waals surface area contributed by atoms with Gasteiger partial charge in [-0.15, -0.1) is 0 Å². The number of amides is 1. The quantitative estimate of drug-likeness (QED) is 0.428. The molecule has 1 heterocycles. The molecule has 0 radical (unpaired) electrons. The highest BCUT2D eigenvalue weighted by Crippen LogP contribution is 2.40. The third-order valence-corrected chi connectivity index (χ3v) is 5.56. The van der Waals surface area contributed by atoms with Crippen molar-refractivity contribution < 1.29 is 27.4 Å². The topological polar surface area (TPSA) is 38.8 Å². The Labute approximate surface area is 179 Å². The van der Waals surface area contributed by atoms with Crippen molar-refractivity contribution in [1.82, 2.24) is 0 Å². The summed E-state index contributed by atoms with van der Waals surface area (Å²) in [6, 6.07) is 7.66. The average Bonchev–Trinajstić information content (AvgIpc) is 2.93. The van der Waals surface area contributed by atoms with Gasteiger partial charge in [0.2, 0.25) is 0 Å². The van der Waals surface area contributed by atoms with Crippen molar-refractivity contribution in [3.8, 4) is 11.5 Å². The van der Waals surface area contributed by atoms with Crippen LogP contribution in [0.3, 0.4) is 0 Å². The summed E-state index contributed by atoms with van der Waals surface area (Å²) >= 11 is 12.4. The van der Waals surface area contributed by atoms with E-state index in [0.717, 1.165) is 28.8 Å². The summed E-state index contributed by atoms with van der Waals surface area (Å²) in [6.07, 6.45) is -2.98. The van der Waals surface area contributed by atoms with Crippen molar-refractivity contribution in [3.63, 3.8) is 0 Å². The zero-order valence-corrected chi connectivity index (χ0v) is 17.4. The third kappa shape index (κ3) is 4.36. The molecule has 0 spiro atoms. The van der Waals surface area contributed by atoms with Crippen LogP contribution in [0, 0.1) is 0 Å². The molecule has 0 bridgehead atoms. The van der Waals surface area contributed by atoms with Gasteiger partial charge in [-0.2, -0.15) is 13.2 Å². The molecule has 0 atom stereocenters. The molecule has 0 saturated carbocycles. The Morgan fingerprint density at radius 2 is 1.90 bits per heavy atom. The van der Waals surface area contributed by atoms with Gasteiger partial charge in [-0.25, -0.2) is 0 Å². The van der Waals surface area contributed by atoms with Crippen molar-refractivity contribution in [2.24, 2.45) is 0 Å². The van der Waals surface area contributed by atoms with Crippen molar-refractivity contribution in [2.45, 2.75) is 6.18 Å². The van der Waals surface area contributed by atoms with E-state index >= 15 is 0 Å². The van der Waals surface area contributed by atoms with Gasteiger partial charge in [-0.3, -0.25) is 9.69 Å². The van der Waals surface area contributed by atoms with E-state index in [1.165, 1.54) is 26.4 Å². The molecule has 3 rings (SSSR count). The summed E-state index contributed by atoms with van der Waals surface area (Å²) in [5, 5.41) is 0.284. The van der Waals surface area contributed by atoms with Gasteiger partial charge in [-0.05, 0) is 42.0 Å². The van der Waals surface area contributed by atoms with Crippen LogP contribution in [0.25, 0.3) is 6.08 Å². The number of nitrogens with zero attached hydrogens (tertiary/aromatic N) is 1. The molecule has 0 aromatic heterocycles. The molecule has 0 unspecified atom stereocenters. The van der Waals surface area contributed by atoms with Gasteiger partial charge >= 0.3 is 6.18 Å². The second-order valence-electron chi connectivity index (χ2n) is 5.80. The summed E-state index contributed by atoms with van der Waals surface area (Å²) in [5.74, 6) is 0.202. The van der Waals surface area contributed by atoms with Crippen LogP contribution >= 0.6 is 35.6 Å². The SMILES string of the molecule is COc1cc(/C=C2/SC(=S)N(c3cccc(C(F)(F)F)c3)C2=O)cc(Cl)c1OC. The molecule has 152 valence electrons. The number of carbonyl (C=O) groups is 1. The van der Waals surface area contributed by atoms with Crippen molar-refractivity contribution in [1.29, 1.82) is 0 Å². The minimum Gasteiger partial charge on any atom is -0.493 e. The number of thiocarbonyl (C=S) groups is 1. The van der Waals surface area contributed by atoms with Gasteiger partial charge in [0, 0.05) is 0 Å². The summed E-state index contributed by atoms with van der Waals surface area (Å²) in [7, 11) is 2.90.